The molecule has 0 saturated carbocycles. The smallest absolute Gasteiger partial charge is 0.309 e. The van der Waals surface area contributed by atoms with Crippen LogP contribution in [-0.4, -0.2) is 32.6 Å². The number of hydrogen-bond donors (Lipinski definition) is 0. The molecule has 3 atom stereocenters. The number of carbonyl (C=O) groups excluding carboxylic acids is 1. The van der Waals surface area contributed by atoms with Crippen LogP contribution < -0.4 is 0 Å². The Kier molecular flexibility index (Phi) is 10.9. The Morgan fingerprint density at radius 2 is 1.53 bits per heavy atom. The average molecular weight is 413 g/mol. The first-order chi connectivity index (χ1) is 14.7. The van der Waals surface area contributed by atoms with Gasteiger partial charge >= 0.3 is 5.97 Å². The van der Waals surface area contributed by atoms with Crippen LogP contribution in [0.5, 0.6) is 0 Å². The van der Waals surface area contributed by atoms with Crippen LogP contribution >= 0.6 is 0 Å². The Balaban J connectivity index is 1.94. The predicted molar refractivity (Wildman–Crippen MR) is 117 cm³/mol. The summed E-state index contributed by atoms with van der Waals surface area (Å²) < 4.78 is 22.6. The van der Waals surface area contributed by atoms with E-state index in [9.17, 15) is 4.79 Å². The predicted octanol–water partition coefficient (Wildman–Crippen LogP) is 4.76. The summed E-state index contributed by atoms with van der Waals surface area (Å²) in [5.74, 6) is -0.761. The number of hydrogen-bond acceptors (Lipinski definition) is 5. The van der Waals surface area contributed by atoms with E-state index in [1.807, 2.05) is 67.6 Å². The van der Waals surface area contributed by atoms with Gasteiger partial charge in [-0.1, -0.05) is 73.7 Å². The minimum Gasteiger partial charge on any atom is -0.469 e. The molecule has 5 heteroatoms. The van der Waals surface area contributed by atoms with E-state index in [1.165, 1.54) is 7.11 Å². The summed E-state index contributed by atoms with van der Waals surface area (Å²) in [6, 6.07) is 19.9. The Morgan fingerprint density at radius 3 is 2.07 bits per heavy atom. The average Bonchev–Trinajstić information content (AvgIpc) is 2.79. The number of esters is 1. The van der Waals surface area contributed by atoms with Crippen molar-refractivity contribution in [2.75, 3.05) is 20.5 Å². The third-order valence-electron chi connectivity index (χ3n) is 5.02. The number of allylic oxidation sites excluding steroid dienone is 1. The largest absolute Gasteiger partial charge is 0.469 e. The molecule has 0 heterocycles. The van der Waals surface area contributed by atoms with E-state index in [1.54, 1.807) is 6.08 Å². The summed E-state index contributed by atoms with van der Waals surface area (Å²) in [6.07, 6.45) is 1.91. The monoisotopic (exact) mass is 412 g/mol. The highest BCUT2D eigenvalue weighted by molar-refractivity contribution is 5.72. The van der Waals surface area contributed by atoms with Gasteiger partial charge in [0.25, 0.3) is 0 Å². The maximum atomic E-state index is 12.3. The first kappa shape index (κ1) is 23.8. The Labute approximate surface area is 179 Å². The highest BCUT2D eigenvalue weighted by atomic mass is 16.7. The molecule has 2 rings (SSSR count). The van der Waals surface area contributed by atoms with Gasteiger partial charge in [-0.15, -0.1) is 6.58 Å². The lowest BCUT2D eigenvalue weighted by Gasteiger charge is -2.29. The number of methoxy groups -OCH3 is 1. The molecule has 0 N–H and O–H groups in total. The zero-order chi connectivity index (χ0) is 21.6. The highest BCUT2D eigenvalue weighted by Gasteiger charge is 2.32. The SMILES string of the molecule is C=CC[C@H](C(=O)OC)[C@H](C)[C@@H](COCc1ccccc1)OCOCc1ccccc1. The number of rotatable bonds is 14. The molecule has 0 aliphatic rings. The van der Waals surface area contributed by atoms with Crippen molar-refractivity contribution < 1.29 is 23.7 Å². The third-order valence-corrected chi connectivity index (χ3v) is 5.02. The number of benzene rings is 2. The van der Waals surface area contributed by atoms with Gasteiger partial charge in [0.2, 0.25) is 0 Å². The summed E-state index contributed by atoms with van der Waals surface area (Å²) in [4.78, 5) is 12.3. The molecular weight excluding hydrogens is 380 g/mol. The first-order valence-electron chi connectivity index (χ1n) is 10.2. The minimum atomic E-state index is -0.355. The fraction of sp³-hybridized carbons (Fsp3) is 0.400. The van der Waals surface area contributed by atoms with Gasteiger partial charge in [-0.3, -0.25) is 4.79 Å². The quantitative estimate of drug-likeness (QED) is 0.194. The molecule has 0 bridgehead atoms. The van der Waals surface area contributed by atoms with Gasteiger partial charge in [0, 0.05) is 0 Å². The second kappa shape index (κ2) is 13.7. The van der Waals surface area contributed by atoms with Crippen LogP contribution in [0.2, 0.25) is 0 Å². The first-order valence-corrected chi connectivity index (χ1v) is 10.2. The van der Waals surface area contributed by atoms with E-state index in [0.717, 1.165) is 11.1 Å². The molecule has 0 saturated heterocycles. The highest BCUT2D eigenvalue weighted by Crippen LogP contribution is 2.24. The second-order valence-electron chi connectivity index (χ2n) is 7.17. The van der Waals surface area contributed by atoms with Crippen LogP contribution in [0, 0.1) is 11.8 Å². The molecular formula is C25H32O5. The zero-order valence-corrected chi connectivity index (χ0v) is 17.9. The number of carbonyl (C=O) groups is 1. The summed E-state index contributed by atoms with van der Waals surface area (Å²) in [5.41, 5.74) is 2.16. The minimum absolute atomic E-state index is 0.112. The molecule has 0 aliphatic heterocycles. The van der Waals surface area contributed by atoms with Crippen LogP contribution in [-0.2, 0) is 37.0 Å². The van der Waals surface area contributed by atoms with E-state index in [4.69, 9.17) is 18.9 Å². The molecule has 30 heavy (non-hydrogen) atoms. The topological polar surface area (TPSA) is 54.0 Å². The van der Waals surface area contributed by atoms with E-state index in [-0.39, 0.29) is 30.7 Å². The standard InChI is InChI=1S/C25H32O5/c1-4-11-23(25(26)27-3)20(2)24(18-28-16-21-12-7-5-8-13-21)30-19-29-17-22-14-9-6-10-15-22/h4-10,12-15,20,23-24H,1,11,16-19H2,2-3H3/t20-,23-,24+/m0/s1. The van der Waals surface area contributed by atoms with Gasteiger partial charge in [0.15, 0.2) is 0 Å². The molecule has 2 aromatic rings. The fourth-order valence-corrected chi connectivity index (χ4v) is 3.20. The van der Waals surface area contributed by atoms with Crippen molar-refractivity contribution in [3.8, 4) is 0 Å². The maximum Gasteiger partial charge on any atom is 0.309 e. The summed E-state index contributed by atoms with van der Waals surface area (Å²) in [5, 5.41) is 0. The Hall–Kier alpha value is -2.47. The summed E-state index contributed by atoms with van der Waals surface area (Å²) in [6.45, 7) is 7.12. The van der Waals surface area contributed by atoms with Gasteiger partial charge in [0.1, 0.15) is 6.79 Å². The van der Waals surface area contributed by atoms with Crippen LogP contribution in [0.25, 0.3) is 0 Å². The van der Waals surface area contributed by atoms with Crippen molar-refractivity contribution in [3.05, 3.63) is 84.4 Å². The van der Waals surface area contributed by atoms with Crippen molar-refractivity contribution in [2.45, 2.75) is 32.7 Å². The van der Waals surface area contributed by atoms with Crippen LogP contribution in [0.4, 0.5) is 0 Å². The van der Waals surface area contributed by atoms with Gasteiger partial charge < -0.3 is 18.9 Å². The molecule has 0 radical (unpaired) electrons. The van der Waals surface area contributed by atoms with Crippen molar-refractivity contribution in [2.24, 2.45) is 11.8 Å². The van der Waals surface area contributed by atoms with E-state index in [0.29, 0.717) is 26.2 Å². The van der Waals surface area contributed by atoms with Gasteiger partial charge in [-0.2, -0.15) is 0 Å². The number of ether oxygens (including phenoxy) is 4. The molecule has 0 unspecified atom stereocenters. The summed E-state index contributed by atoms with van der Waals surface area (Å²) >= 11 is 0. The van der Waals surface area contributed by atoms with Gasteiger partial charge in [0.05, 0.1) is 39.0 Å². The molecule has 0 aromatic heterocycles. The van der Waals surface area contributed by atoms with E-state index < -0.39 is 0 Å². The lowest BCUT2D eigenvalue weighted by atomic mass is 9.86. The lowest BCUT2D eigenvalue weighted by molar-refractivity contribution is -0.159. The van der Waals surface area contributed by atoms with Crippen LogP contribution in [0.3, 0.4) is 0 Å². The molecule has 0 fully saturated rings. The maximum absolute atomic E-state index is 12.3. The van der Waals surface area contributed by atoms with E-state index in [2.05, 4.69) is 6.58 Å². The van der Waals surface area contributed by atoms with Gasteiger partial charge in [-0.05, 0) is 23.5 Å². The lowest BCUT2D eigenvalue weighted by Crippen LogP contribution is -2.36. The van der Waals surface area contributed by atoms with Crippen molar-refractivity contribution >= 4 is 5.97 Å². The van der Waals surface area contributed by atoms with Crippen molar-refractivity contribution in [1.82, 2.24) is 0 Å². The molecule has 162 valence electrons. The zero-order valence-electron chi connectivity index (χ0n) is 17.9. The molecule has 0 aliphatic carbocycles. The fourth-order valence-electron chi connectivity index (χ4n) is 3.20. The normalized spacial score (nSPS) is 13.9. The van der Waals surface area contributed by atoms with E-state index >= 15 is 0 Å². The Bertz CT molecular complexity index is 732. The third kappa shape index (κ3) is 8.11. The molecule has 5 nitrogen and oxygen atoms in total. The van der Waals surface area contributed by atoms with Crippen molar-refractivity contribution in [3.63, 3.8) is 0 Å². The summed E-state index contributed by atoms with van der Waals surface area (Å²) in [7, 11) is 1.40. The molecule has 0 amide bonds. The Morgan fingerprint density at radius 1 is 0.967 bits per heavy atom. The van der Waals surface area contributed by atoms with Gasteiger partial charge in [-0.25, -0.2) is 0 Å². The second-order valence-corrected chi connectivity index (χ2v) is 7.17. The molecule has 2 aromatic carbocycles. The van der Waals surface area contributed by atoms with Crippen LogP contribution in [0.1, 0.15) is 24.5 Å². The van der Waals surface area contributed by atoms with Crippen molar-refractivity contribution in [1.29, 1.82) is 0 Å². The molecule has 0 spiro atoms. The van der Waals surface area contributed by atoms with Crippen LogP contribution in [0.15, 0.2) is 73.3 Å².